The van der Waals surface area contributed by atoms with Crippen LogP contribution in [0.2, 0.25) is 5.02 Å². The highest BCUT2D eigenvalue weighted by atomic mass is 35.5. The number of ether oxygens (including phenoxy) is 1. The highest BCUT2D eigenvalue weighted by Crippen LogP contribution is 2.23. The number of piperidine rings is 1. The first kappa shape index (κ1) is 18.3. The van der Waals surface area contributed by atoms with E-state index < -0.39 is 0 Å². The van der Waals surface area contributed by atoms with Gasteiger partial charge in [0.25, 0.3) is 0 Å². The maximum absolute atomic E-state index is 9.09. The van der Waals surface area contributed by atoms with Gasteiger partial charge in [-0.1, -0.05) is 23.3 Å². The molecule has 1 atom stereocenters. The third-order valence-electron chi connectivity index (χ3n) is 4.42. The highest BCUT2D eigenvalue weighted by molar-refractivity contribution is 6.30. The molecule has 1 aromatic rings. The zero-order valence-corrected chi connectivity index (χ0v) is 14.9. The smallest absolute Gasteiger partial charge is 0.119 e. The number of aliphatic hydroxyl groups is 1. The zero-order chi connectivity index (χ0) is 16.7. The van der Waals surface area contributed by atoms with E-state index in [1.807, 2.05) is 24.3 Å². The predicted molar refractivity (Wildman–Crippen MR) is 96.2 cm³/mol. The van der Waals surface area contributed by atoms with Gasteiger partial charge < -0.3 is 9.84 Å². The van der Waals surface area contributed by atoms with Gasteiger partial charge in [0.1, 0.15) is 12.4 Å². The second kappa shape index (κ2) is 9.31. The number of hydrogen-bond acceptors (Lipinski definition) is 3. The van der Waals surface area contributed by atoms with Gasteiger partial charge in [0.2, 0.25) is 0 Å². The van der Waals surface area contributed by atoms with E-state index in [-0.39, 0.29) is 0 Å². The summed E-state index contributed by atoms with van der Waals surface area (Å²) >= 11 is 5.91. The van der Waals surface area contributed by atoms with Crippen LogP contribution in [0.3, 0.4) is 0 Å². The number of aliphatic hydroxyl groups excluding tert-OH is 1. The molecule has 1 aliphatic heterocycles. The Morgan fingerprint density at radius 1 is 1.30 bits per heavy atom. The van der Waals surface area contributed by atoms with Crippen LogP contribution in [0.4, 0.5) is 0 Å². The van der Waals surface area contributed by atoms with Crippen LogP contribution in [-0.4, -0.2) is 42.4 Å². The molecule has 1 N–H and O–H groups in total. The number of rotatable bonds is 7. The number of nitrogens with zero attached hydrogens (tertiary/aromatic N) is 1. The summed E-state index contributed by atoms with van der Waals surface area (Å²) in [6.07, 6.45) is 5.55. The van der Waals surface area contributed by atoms with E-state index in [2.05, 4.69) is 24.8 Å². The minimum atomic E-state index is 0.297. The Labute approximate surface area is 144 Å². The normalized spacial score (nSPS) is 17.7. The lowest BCUT2D eigenvalue weighted by molar-refractivity contribution is 0.108. The molecule has 1 heterocycles. The van der Waals surface area contributed by atoms with Crippen LogP contribution in [-0.2, 0) is 0 Å². The van der Waals surface area contributed by atoms with Crippen molar-refractivity contribution in [2.75, 3.05) is 26.3 Å². The summed E-state index contributed by atoms with van der Waals surface area (Å²) < 4.78 is 5.97. The molecule has 1 fully saturated rings. The molecular formula is C19H28ClNO2. The molecule has 1 aromatic carbocycles. The number of halogens is 1. The van der Waals surface area contributed by atoms with E-state index in [1.165, 1.54) is 5.57 Å². The van der Waals surface area contributed by atoms with Gasteiger partial charge in [-0.05, 0) is 76.4 Å². The van der Waals surface area contributed by atoms with Crippen molar-refractivity contribution in [2.24, 2.45) is 5.92 Å². The van der Waals surface area contributed by atoms with E-state index in [0.29, 0.717) is 25.2 Å². The van der Waals surface area contributed by atoms with Gasteiger partial charge in [-0.15, -0.1) is 0 Å². The van der Waals surface area contributed by atoms with Gasteiger partial charge >= 0.3 is 0 Å². The van der Waals surface area contributed by atoms with Crippen LogP contribution in [0.25, 0.3) is 0 Å². The van der Waals surface area contributed by atoms with E-state index in [4.69, 9.17) is 21.4 Å². The first-order valence-electron chi connectivity index (χ1n) is 8.47. The van der Waals surface area contributed by atoms with Gasteiger partial charge in [-0.3, -0.25) is 4.90 Å². The van der Waals surface area contributed by atoms with Crippen molar-refractivity contribution in [2.45, 2.75) is 39.2 Å². The molecule has 0 saturated carbocycles. The molecule has 1 saturated heterocycles. The number of allylic oxidation sites excluding steroid dienone is 1. The van der Waals surface area contributed by atoms with Gasteiger partial charge in [0.15, 0.2) is 0 Å². The Hall–Kier alpha value is -1.03. The number of likely N-dealkylation sites (tertiary alicyclic amines) is 1. The average Bonchev–Trinajstić information content (AvgIpc) is 2.54. The van der Waals surface area contributed by atoms with Crippen LogP contribution in [0.5, 0.6) is 5.75 Å². The average molecular weight is 338 g/mol. The summed E-state index contributed by atoms with van der Waals surface area (Å²) in [5, 5.41) is 9.82. The second-order valence-corrected chi connectivity index (χ2v) is 7.00. The molecule has 0 bridgehead atoms. The monoisotopic (exact) mass is 337 g/mol. The summed E-state index contributed by atoms with van der Waals surface area (Å²) in [7, 11) is 0. The van der Waals surface area contributed by atoms with Crippen molar-refractivity contribution >= 4 is 11.6 Å². The first-order chi connectivity index (χ1) is 11.1. The summed E-state index contributed by atoms with van der Waals surface area (Å²) in [6.45, 7) is 7.37. The second-order valence-electron chi connectivity index (χ2n) is 6.57. The van der Waals surface area contributed by atoms with Gasteiger partial charge in [-0.25, -0.2) is 0 Å². The predicted octanol–water partition coefficient (Wildman–Crippen LogP) is 4.15. The lowest BCUT2D eigenvalue weighted by Crippen LogP contribution is -2.43. The van der Waals surface area contributed by atoms with Crippen molar-refractivity contribution in [1.29, 1.82) is 0 Å². The third kappa shape index (κ3) is 6.17. The Morgan fingerprint density at radius 2 is 1.96 bits per heavy atom. The van der Waals surface area contributed by atoms with Crippen molar-refractivity contribution in [3.63, 3.8) is 0 Å². The van der Waals surface area contributed by atoms with E-state index in [0.717, 1.165) is 43.1 Å². The zero-order valence-electron chi connectivity index (χ0n) is 14.2. The molecule has 23 heavy (non-hydrogen) atoms. The van der Waals surface area contributed by atoms with Crippen LogP contribution in [0.15, 0.2) is 35.9 Å². The van der Waals surface area contributed by atoms with Gasteiger partial charge in [0.05, 0.1) is 6.04 Å². The fourth-order valence-corrected chi connectivity index (χ4v) is 3.24. The van der Waals surface area contributed by atoms with Gasteiger partial charge in [0, 0.05) is 11.6 Å². The number of benzene rings is 1. The largest absolute Gasteiger partial charge is 0.492 e. The number of hydrogen-bond donors (Lipinski definition) is 1. The summed E-state index contributed by atoms with van der Waals surface area (Å²) in [5.41, 5.74) is 1.31. The Bertz CT molecular complexity index is 489. The van der Waals surface area contributed by atoms with Crippen molar-refractivity contribution in [1.82, 2.24) is 4.90 Å². The van der Waals surface area contributed by atoms with E-state index >= 15 is 0 Å². The molecule has 0 amide bonds. The fourth-order valence-electron chi connectivity index (χ4n) is 3.11. The molecule has 0 spiro atoms. The molecule has 4 heteroatoms. The molecule has 1 aliphatic rings. The molecule has 1 unspecified atom stereocenters. The lowest BCUT2D eigenvalue weighted by Gasteiger charge is -2.36. The summed E-state index contributed by atoms with van der Waals surface area (Å²) in [5.74, 6) is 1.53. The Kier molecular flexibility index (Phi) is 7.41. The summed E-state index contributed by atoms with van der Waals surface area (Å²) in [6, 6.07) is 7.83. The quantitative estimate of drug-likeness (QED) is 0.759. The fraction of sp³-hybridized carbons (Fsp3) is 0.579. The van der Waals surface area contributed by atoms with Crippen molar-refractivity contribution < 1.29 is 9.84 Å². The molecule has 0 aromatic heterocycles. The van der Waals surface area contributed by atoms with Crippen LogP contribution >= 0.6 is 11.6 Å². The molecule has 3 nitrogen and oxygen atoms in total. The standard InChI is InChI=1S/C19H28ClNO2/c1-15(2)13-18(14-23-19-5-3-17(20)4-6-19)21-10-7-16(8-11-21)9-12-22/h3-6,13,16,18,22H,7-12,14H2,1-2H3. The van der Waals surface area contributed by atoms with Crippen molar-refractivity contribution in [3.8, 4) is 5.75 Å². The van der Waals surface area contributed by atoms with Crippen LogP contribution in [0, 0.1) is 5.92 Å². The third-order valence-corrected chi connectivity index (χ3v) is 4.67. The molecule has 2 rings (SSSR count). The minimum absolute atomic E-state index is 0.297. The molecule has 128 valence electrons. The minimum Gasteiger partial charge on any atom is -0.492 e. The Morgan fingerprint density at radius 3 is 2.52 bits per heavy atom. The maximum Gasteiger partial charge on any atom is 0.119 e. The van der Waals surface area contributed by atoms with Crippen molar-refractivity contribution in [3.05, 3.63) is 40.9 Å². The SMILES string of the molecule is CC(C)=CC(COc1ccc(Cl)cc1)N1CCC(CCO)CC1. The van der Waals surface area contributed by atoms with Gasteiger partial charge in [-0.2, -0.15) is 0 Å². The van der Waals surface area contributed by atoms with E-state index in [9.17, 15) is 0 Å². The molecule has 0 radical (unpaired) electrons. The maximum atomic E-state index is 9.09. The van der Waals surface area contributed by atoms with Crippen LogP contribution < -0.4 is 4.74 Å². The molecular weight excluding hydrogens is 310 g/mol. The van der Waals surface area contributed by atoms with Crippen LogP contribution in [0.1, 0.15) is 33.1 Å². The Balaban J connectivity index is 1.92. The highest BCUT2D eigenvalue weighted by Gasteiger charge is 2.24. The summed E-state index contributed by atoms with van der Waals surface area (Å²) in [4.78, 5) is 2.50. The molecule has 0 aliphatic carbocycles. The van der Waals surface area contributed by atoms with E-state index in [1.54, 1.807) is 0 Å². The topological polar surface area (TPSA) is 32.7 Å². The lowest BCUT2D eigenvalue weighted by atomic mass is 9.93. The first-order valence-corrected chi connectivity index (χ1v) is 8.84.